The molecule has 0 unspecified atom stereocenters. The van der Waals surface area contributed by atoms with Gasteiger partial charge in [-0.25, -0.2) is 0 Å². The first-order valence-electron chi connectivity index (χ1n) is 12.3. The van der Waals surface area contributed by atoms with Crippen LogP contribution >= 0.6 is 0 Å². The average molecular weight is 452 g/mol. The minimum Gasteiger partial charge on any atom is -0.493 e. The number of carboxylic acid groups (broad SMARTS) is 1. The summed E-state index contributed by atoms with van der Waals surface area (Å²) in [5, 5.41) is 8.93. The fourth-order valence-electron chi connectivity index (χ4n) is 4.53. The van der Waals surface area contributed by atoms with Crippen LogP contribution in [0.5, 0.6) is 5.75 Å². The number of carbonyl (C=O) groups is 2. The van der Waals surface area contributed by atoms with Gasteiger partial charge in [-0.15, -0.1) is 0 Å². The Morgan fingerprint density at radius 2 is 1.76 bits per heavy atom. The molecule has 1 saturated carbocycles. The summed E-state index contributed by atoms with van der Waals surface area (Å²) in [6, 6.07) is 16.0. The van der Waals surface area contributed by atoms with Crippen LogP contribution in [0, 0.1) is 5.92 Å². The van der Waals surface area contributed by atoms with E-state index in [1.807, 2.05) is 30.3 Å². The number of carbonyl (C=O) groups excluding carboxylic acids is 1. The van der Waals surface area contributed by atoms with Crippen molar-refractivity contribution in [3.8, 4) is 5.75 Å². The van der Waals surface area contributed by atoms with Gasteiger partial charge in [0, 0.05) is 25.1 Å². The van der Waals surface area contributed by atoms with Crippen molar-refractivity contribution >= 4 is 12.3 Å². The Morgan fingerprint density at radius 1 is 1.00 bits per heavy atom. The van der Waals surface area contributed by atoms with Gasteiger partial charge in [-0.05, 0) is 61.8 Å². The lowest BCUT2D eigenvalue weighted by Crippen LogP contribution is -2.27. The molecule has 2 aromatic carbocycles. The Bertz CT molecular complexity index is 858. The molecule has 1 aliphatic carbocycles. The molecule has 0 aromatic heterocycles. The maximum atomic E-state index is 10.9. The molecule has 0 aliphatic heterocycles. The summed E-state index contributed by atoms with van der Waals surface area (Å²) >= 11 is 0. The largest absolute Gasteiger partial charge is 0.493 e. The van der Waals surface area contributed by atoms with E-state index in [0.29, 0.717) is 17.9 Å². The van der Waals surface area contributed by atoms with Gasteiger partial charge in [-0.1, -0.05) is 61.7 Å². The molecule has 2 aromatic rings. The highest BCUT2D eigenvalue weighted by Crippen LogP contribution is 2.26. The van der Waals surface area contributed by atoms with E-state index in [0.717, 1.165) is 56.7 Å². The van der Waals surface area contributed by atoms with Gasteiger partial charge in [0.05, 0.1) is 6.61 Å². The van der Waals surface area contributed by atoms with Crippen molar-refractivity contribution < 1.29 is 19.4 Å². The molecular formula is C28H37NO4. The first kappa shape index (κ1) is 25.0. The molecule has 178 valence electrons. The van der Waals surface area contributed by atoms with Crippen LogP contribution in [0.15, 0.2) is 48.5 Å². The van der Waals surface area contributed by atoms with E-state index in [4.69, 9.17) is 9.84 Å². The van der Waals surface area contributed by atoms with Crippen molar-refractivity contribution in [2.45, 2.75) is 64.3 Å². The maximum Gasteiger partial charge on any atom is 0.303 e. The van der Waals surface area contributed by atoms with E-state index in [1.165, 1.54) is 37.7 Å². The van der Waals surface area contributed by atoms with E-state index >= 15 is 0 Å². The average Bonchev–Trinajstić information content (AvgIpc) is 2.85. The second kappa shape index (κ2) is 13.8. The molecule has 0 atom stereocenters. The summed E-state index contributed by atoms with van der Waals surface area (Å²) in [6.45, 7) is 3.29. The zero-order valence-corrected chi connectivity index (χ0v) is 19.6. The van der Waals surface area contributed by atoms with Crippen LogP contribution in [0.25, 0.3) is 0 Å². The van der Waals surface area contributed by atoms with Crippen LogP contribution < -0.4 is 4.74 Å². The highest BCUT2D eigenvalue weighted by molar-refractivity contribution is 5.74. The third kappa shape index (κ3) is 9.01. The summed E-state index contributed by atoms with van der Waals surface area (Å²) in [6.07, 6.45) is 10.0. The molecule has 0 radical (unpaired) electrons. The second-order valence-electron chi connectivity index (χ2n) is 9.16. The summed E-state index contributed by atoms with van der Waals surface area (Å²) in [4.78, 5) is 24.2. The van der Waals surface area contributed by atoms with Gasteiger partial charge in [-0.2, -0.15) is 0 Å². The van der Waals surface area contributed by atoms with Crippen molar-refractivity contribution in [3.05, 3.63) is 65.2 Å². The topological polar surface area (TPSA) is 66.8 Å². The number of benzene rings is 2. The molecular weight excluding hydrogens is 414 g/mol. The van der Waals surface area contributed by atoms with Gasteiger partial charge < -0.3 is 9.84 Å². The predicted octanol–water partition coefficient (Wildman–Crippen LogP) is 5.76. The number of carboxylic acids is 1. The van der Waals surface area contributed by atoms with Crippen LogP contribution in [-0.4, -0.2) is 42.0 Å². The molecule has 0 bridgehead atoms. The third-order valence-corrected chi connectivity index (χ3v) is 6.51. The lowest BCUT2D eigenvalue weighted by molar-refractivity contribution is -0.137. The Hall–Kier alpha value is -2.66. The molecule has 1 fully saturated rings. The molecule has 5 nitrogen and oxygen atoms in total. The van der Waals surface area contributed by atoms with Crippen molar-refractivity contribution in [3.63, 3.8) is 0 Å². The standard InChI is InChI=1S/C28H37NO4/c30-21-24-15-13-23(14-16-24)20-29(18-7-6-12-28(31)32)19-17-26-10-4-5-11-27(26)33-22-25-8-2-1-3-9-25/h4-5,10-11,13-16,21,25H,1-3,6-9,12,17-20,22H2,(H,31,32). The smallest absolute Gasteiger partial charge is 0.303 e. The van der Waals surface area contributed by atoms with Crippen molar-refractivity contribution in [2.75, 3.05) is 19.7 Å². The maximum absolute atomic E-state index is 10.9. The Labute approximate surface area is 197 Å². The van der Waals surface area contributed by atoms with Crippen LogP contribution in [0.4, 0.5) is 0 Å². The van der Waals surface area contributed by atoms with Crippen molar-refractivity contribution in [1.29, 1.82) is 0 Å². The summed E-state index contributed by atoms with van der Waals surface area (Å²) in [7, 11) is 0. The number of unbranched alkanes of at least 4 members (excludes halogenated alkanes) is 1. The molecule has 5 heteroatoms. The fraction of sp³-hybridized carbons (Fsp3) is 0.500. The summed E-state index contributed by atoms with van der Waals surface area (Å²) in [5.74, 6) is 0.922. The predicted molar refractivity (Wildman–Crippen MR) is 131 cm³/mol. The number of para-hydroxylation sites is 1. The molecule has 0 spiro atoms. The highest BCUT2D eigenvalue weighted by Gasteiger charge is 2.15. The monoisotopic (exact) mass is 451 g/mol. The van der Waals surface area contributed by atoms with E-state index in [9.17, 15) is 9.59 Å². The Balaban J connectivity index is 1.58. The van der Waals surface area contributed by atoms with Crippen molar-refractivity contribution in [1.82, 2.24) is 4.90 Å². The lowest BCUT2D eigenvalue weighted by Gasteiger charge is -2.24. The lowest BCUT2D eigenvalue weighted by atomic mass is 9.90. The molecule has 1 aliphatic rings. The number of nitrogens with zero attached hydrogens (tertiary/aromatic N) is 1. The molecule has 0 saturated heterocycles. The molecule has 33 heavy (non-hydrogen) atoms. The van der Waals surface area contributed by atoms with Gasteiger partial charge in [0.1, 0.15) is 12.0 Å². The zero-order valence-electron chi connectivity index (χ0n) is 19.6. The second-order valence-corrected chi connectivity index (χ2v) is 9.16. The quantitative estimate of drug-likeness (QED) is 0.292. The zero-order chi connectivity index (χ0) is 23.3. The van der Waals surface area contributed by atoms with Gasteiger partial charge in [0.15, 0.2) is 0 Å². The number of hydrogen-bond acceptors (Lipinski definition) is 4. The van der Waals surface area contributed by atoms with Gasteiger partial charge >= 0.3 is 5.97 Å². The SMILES string of the molecule is O=Cc1ccc(CN(CCCCC(=O)O)CCc2ccccc2OCC2CCCCC2)cc1. The van der Waals surface area contributed by atoms with E-state index in [1.54, 1.807) is 0 Å². The Morgan fingerprint density at radius 3 is 2.48 bits per heavy atom. The fourth-order valence-corrected chi connectivity index (χ4v) is 4.53. The third-order valence-electron chi connectivity index (χ3n) is 6.51. The minimum atomic E-state index is -0.741. The van der Waals surface area contributed by atoms with Gasteiger partial charge in [0.25, 0.3) is 0 Å². The minimum absolute atomic E-state index is 0.208. The number of aldehydes is 1. The Kier molecular flexibility index (Phi) is 10.4. The first-order valence-corrected chi connectivity index (χ1v) is 12.3. The van der Waals surface area contributed by atoms with E-state index in [2.05, 4.69) is 23.1 Å². The van der Waals surface area contributed by atoms with Crippen LogP contribution in [0.1, 0.15) is 72.9 Å². The number of hydrogen-bond donors (Lipinski definition) is 1. The van der Waals surface area contributed by atoms with E-state index < -0.39 is 5.97 Å². The van der Waals surface area contributed by atoms with E-state index in [-0.39, 0.29) is 6.42 Å². The number of rotatable bonds is 14. The molecule has 0 heterocycles. The van der Waals surface area contributed by atoms with Crippen molar-refractivity contribution in [2.24, 2.45) is 5.92 Å². The summed E-state index contributed by atoms with van der Waals surface area (Å²) in [5.41, 5.74) is 3.05. The number of ether oxygens (including phenoxy) is 1. The first-order chi connectivity index (χ1) is 16.1. The highest BCUT2D eigenvalue weighted by atomic mass is 16.5. The number of aliphatic carboxylic acids is 1. The van der Waals surface area contributed by atoms with Crippen LogP contribution in [0.2, 0.25) is 0 Å². The van der Waals surface area contributed by atoms with Crippen LogP contribution in [0.3, 0.4) is 0 Å². The van der Waals surface area contributed by atoms with Crippen LogP contribution in [-0.2, 0) is 17.8 Å². The van der Waals surface area contributed by atoms with Gasteiger partial charge in [-0.3, -0.25) is 14.5 Å². The molecule has 0 amide bonds. The molecule has 3 rings (SSSR count). The summed E-state index contributed by atoms with van der Waals surface area (Å²) < 4.78 is 6.26. The van der Waals surface area contributed by atoms with Gasteiger partial charge in [0.2, 0.25) is 0 Å². The molecule has 1 N–H and O–H groups in total. The normalized spacial score (nSPS) is 14.3.